The van der Waals surface area contributed by atoms with Gasteiger partial charge < -0.3 is 19.6 Å². The number of fused-ring (bicyclic) bond motifs is 1. The van der Waals surface area contributed by atoms with Crippen LogP contribution in [0.3, 0.4) is 0 Å². The summed E-state index contributed by atoms with van der Waals surface area (Å²) in [6.07, 6.45) is 3.68. The number of aromatic nitrogens is 2. The Labute approximate surface area is 189 Å². The van der Waals surface area contributed by atoms with Crippen LogP contribution >= 0.6 is 0 Å². The Kier molecular flexibility index (Phi) is 7.34. The molecule has 8 heteroatoms. The molecule has 8 nitrogen and oxygen atoms in total. The van der Waals surface area contributed by atoms with Gasteiger partial charge in [-0.15, -0.1) is 0 Å². The minimum absolute atomic E-state index is 0.211. The molecule has 0 aliphatic carbocycles. The first-order chi connectivity index (χ1) is 15.5. The summed E-state index contributed by atoms with van der Waals surface area (Å²) in [6, 6.07) is 10.5. The van der Waals surface area contributed by atoms with Gasteiger partial charge in [0.2, 0.25) is 0 Å². The van der Waals surface area contributed by atoms with Gasteiger partial charge in [0, 0.05) is 65.6 Å². The predicted octanol–water partition coefficient (Wildman–Crippen LogP) is 1.58. The van der Waals surface area contributed by atoms with E-state index in [0.29, 0.717) is 18.3 Å². The average Bonchev–Trinajstić information content (AvgIpc) is 2.83. The van der Waals surface area contributed by atoms with Crippen LogP contribution in [0.25, 0.3) is 0 Å². The highest BCUT2D eigenvalue weighted by molar-refractivity contribution is 5.92. The molecule has 32 heavy (non-hydrogen) atoms. The van der Waals surface area contributed by atoms with Crippen molar-refractivity contribution in [3.05, 3.63) is 53.5 Å². The van der Waals surface area contributed by atoms with Gasteiger partial charge in [-0.05, 0) is 30.4 Å². The van der Waals surface area contributed by atoms with Gasteiger partial charge in [-0.3, -0.25) is 9.69 Å². The summed E-state index contributed by atoms with van der Waals surface area (Å²) in [5.41, 5.74) is 3.05. The topological polar surface area (TPSA) is 82.0 Å². The molecule has 0 saturated carbocycles. The van der Waals surface area contributed by atoms with Gasteiger partial charge in [0.25, 0.3) is 5.91 Å². The molecule has 1 aromatic carbocycles. The highest BCUT2D eigenvalue weighted by Gasteiger charge is 2.24. The Balaban J connectivity index is 1.32. The molecule has 172 valence electrons. The fraction of sp³-hybridized carbons (Fsp3) is 0.542. The van der Waals surface area contributed by atoms with Gasteiger partial charge in [0.15, 0.2) is 0 Å². The van der Waals surface area contributed by atoms with Gasteiger partial charge in [-0.2, -0.15) is 0 Å². The first-order valence-electron chi connectivity index (χ1n) is 11.4. The van der Waals surface area contributed by atoms with E-state index in [1.165, 1.54) is 17.5 Å². The van der Waals surface area contributed by atoms with Gasteiger partial charge in [0.05, 0.1) is 6.10 Å². The van der Waals surface area contributed by atoms with E-state index < -0.39 is 6.10 Å². The van der Waals surface area contributed by atoms with E-state index >= 15 is 0 Å². The Bertz CT molecular complexity index is 918. The first-order valence-corrected chi connectivity index (χ1v) is 11.4. The molecule has 1 saturated heterocycles. The van der Waals surface area contributed by atoms with E-state index in [0.717, 1.165) is 51.4 Å². The van der Waals surface area contributed by atoms with Gasteiger partial charge in [-0.25, -0.2) is 9.97 Å². The van der Waals surface area contributed by atoms with Crippen LogP contribution in [-0.4, -0.2) is 89.9 Å². The summed E-state index contributed by atoms with van der Waals surface area (Å²) >= 11 is 0. The number of β-amino-alcohol motifs (C(OH)–C–C–N with tert-alkyl or cyclic N) is 1. The van der Waals surface area contributed by atoms with E-state index in [1.54, 1.807) is 18.0 Å². The van der Waals surface area contributed by atoms with Crippen molar-refractivity contribution in [1.82, 2.24) is 19.8 Å². The maximum absolute atomic E-state index is 13.0. The first kappa shape index (κ1) is 22.6. The van der Waals surface area contributed by atoms with Crippen LogP contribution in [0.4, 0.5) is 5.82 Å². The van der Waals surface area contributed by atoms with Crippen molar-refractivity contribution >= 4 is 11.7 Å². The number of benzene rings is 1. The lowest BCUT2D eigenvalue weighted by molar-refractivity contribution is 0.0564. The molecule has 2 aliphatic rings. The lowest BCUT2D eigenvalue weighted by Crippen LogP contribution is -2.43. The van der Waals surface area contributed by atoms with Crippen molar-refractivity contribution in [1.29, 1.82) is 0 Å². The van der Waals surface area contributed by atoms with E-state index in [9.17, 15) is 9.90 Å². The maximum Gasteiger partial charge on any atom is 0.272 e. The number of ether oxygens (including phenoxy) is 1. The smallest absolute Gasteiger partial charge is 0.272 e. The molecule has 3 heterocycles. The molecular formula is C24H33N5O3. The van der Waals surface area contributed by atoms with Crippen molar-refractivity contribution < 1.29 is 14.6 Å². The summed E-state index contributed by atoms with van der Waals surface area (Å²) in [5, 5.41) is 10.6. The normalized spacial score (nSPS) is 18.1. The van der Waals surface area contributed by atoms with Gasteiger partial charge >= 0.3 is 0 Å². The zero-order chi connectivity index (χ0) is 22.5. The number of anilines is 1. The minimum Gasteiger partial charge on any atom is -0.390 e. The molecule has 1 amide bonds. The summed E-state index contributed by atoms with van der Waals surface area (Å²) in [6.45, 7) is 4.03. The third-order valence-electron chi connectivity index (χ3n) is 6.48. The molecule has 1 unspecified atom stereocenters. The zero-order valence-electron chi connectivity index (χ0n) is 19.0. The molecule has 1 atom stereocenters. The fourth-order valence-corrected chi connectivity index (χ4v) is 4.58. The quantitative estimate of drug-likeness (QED) is 0.701. The Morgan fingerprint density at radius 2 is 1.97 bits per heavy atom. The van der Waals surface area contributed by atoms with E-state index in [1.807, 2.05) is 7.05 Å². The summed E-state index contributed by atoms with van der Waals surface area (Å²) in [7, 11) is 3.71. The summed E-state index contributed by atoms with van der Waals surface area (Å²) < 4.78 is 5.44. The lowest BCUT2D eigenvalue weighted by atomic mass is 10.00. The van der Waals surface area contributed by atoms with E-state index in [4.69, 9.17) is 4.74 Å². The third kappa shape index (κ3) is 5.43. The lowest BCUT2D eigenvalue weighted by Gasteiger charge is -2.32. The molecule has 0 radical (unpaired) electrons. The highest BCUT2D eigenvalue weighted by Crippen LogP contribution is 2.20. The maximum atomic E-state index is 13.0. The van der Waals surface area contributed by atoms with Gasteiger partial charge in [0.1, 0.15) is 17.8 Å². The summed E-state index contributed by atoms with van der Waals surface area (Å²) in [5.74, 6) is 0.522. The van der Waals surface area contributed by atoms with E-state index in [-0.39, 0.29) is 12.5 Å². The number of likely N-dealkylation sites (N-methyl/N-ethyl adjacent to an activating group) is 1. The second-order valence-electron chi connectivity index (χ2n) is 8.81. The van der Waals surface area contributed by atoms with Crippen LogP contribution in [0.15, 0.2) is 36.7 Å². The van der Waals surface area contributed by atoms with Crippen LogP contribution in [0, 0.1) is 0 Å². The standard InChI is InChI=1S/C24H33N5O3/c1-27(15-21(30)16-29-10-7-18-5-3-4-6-19(18)14-29)24(31)22-13-23(26-17-25-22)28(2)20-8-11-32-12-9-20/h3-6,13,17,20-21,30H,7-12,14-16H2,1-2H3. The number of aliphatic hydroxyl groups excluding tert-OH is 1. The fourth-order valence-electron chi connectivity index (χ4n) is 4.58. The largest absolute Gasteiger partial charge is 0.390 e. The molecule has 2 aliphatic heterocycles. The van der Waals surface area contributed by atoms with Crippen LogP contribution in [0.5, 0.6) is 0 Å². The SMILES string of the molecule is CN(CC(O)CN1CCc2ccccc2C1)C(=O)c1cc(N(C)C2CCOCC2)ncn1. The second-order valence-corrected chi connectivity index (χ2v) is 8.81. The third-order valence-corrected chi connectivity index (χ3v) is 6.48. The number of amides is 1. The Hall–Kier alpha value is -2.55. The van der Waals surface area contributed by atoms with Gasteiger partial charge in [-0.1, -0.05) is 24.3 Å². The molecule has 0 bridgehead atoms. The second kappa shape index (κ2) is 10.4. The van der Waals surface area contributed by atoms with Crippen LogP contribution in [0.1, 0.15) is 34.5 Å². The molecule has 1 fully saturated rings. The summed E-state index contributed by atoms with van der Waals surface area (Å²) in [4.78, 5) is 27.4. The Morgan fingerprint density at radius 1 is 1.22 bits per heavy atom. The number of rotatable bonds is 7. The number of carbonyl (C=O) groups is 1. The number of carbonyl (C=O) groups excluding carboxylic acids is 1. The Morgan fingerprint density at radius 3 is 2.75 bits per heavy atom. The number of nitrogens with zero attached hydrogens (tertiary/aromatic N) is 5. The van der Waals surface area contributed by atoms with Crippen molar-refractivity contribution in [2.24, 2.45) is 0 Å². The van der Waals surface area contributed by atoms with Crippen molar-refractivity contribution in [3.8, 4) is 0 Å². The van der Waals surface area contributed by atoms with Crippen LogP contribution in [-0.2, 0) is 17.7 Å². The van der Waals surface area contributed by atoms with Crippen LogP contribution in [0.2, 0.25) is 0 Å². The number of aliphatic hydroxyl groups is 1. The monoisotopic (exact) mass is 439 g/mol. The highest BCUT2D eigenvalue weighted by atomic mass is 16.5. The molecular weight excluding hydrogens is 406 g/mol. The average molecular weight is 440 g/mol. The van der Waals surface area contributed by atoms with Crippen molar-refractivity contribution in [2.45, 2.75) is 38.0 Å². The number of hydrogen-bond donors (Lipinski definition) is 1. The van der Waals surface area contributed by atoms with Crippen molar-refractivity contribution in [3.63, 3.8) is 0 Å². The molecule has 1 N–H and O–H groups in total. The molecule has 0 spiro atoms. The molecule has 2 aromatic rings. The predicted molar refractivity (Wildman–Crippen MR) is 123 cm³/mol. The minimum atomic E-state index is -0.625. The van der Waals surface area contributed by atoms with Crippen molar-refractivity contribution in [2.75, 3.05) is 51.8 Å². The molecule has 1 aromatic heterocycles. The van der Waals surface area contributed by atoms with Crippen LogP contribution < -0.4 is 4.90 Å². The zero-order valence-corrected chi connectivity index (χ0v) is 19.0. The number of hydrogen-bond acceptors (Lipinski definition) is 7. The van der Waals surface area contributed by atoms with E-state index in [2.05, 4.69) is 44.0 Å². The molecule has 4 rings (SSSR count).